The van der Waals surface area contributed by atoms with Gasteiger partial charge in [0, 0.05) is 18.6 Å². The summed E-state index contributed by atoms with van der Waals surface area (Å²) in [7, 11) is 0. The molecular formula is C12H12N2O4. The lowest BCUT2D eigenvalue weighted by molar-refractivity contribution is -0.384. The van der Waals surface area contributed by atoms with Gasteiger partial charge in [-0.3, -0.25) is 14.9 Å². The third kappa shape index (κ3) is 2.83. The number of carbonyl (C=O) groups is 1. The van der Waals surface area contributed by atoms with Crippen LogP contribution in [0.25, 0.3) is 0 Å². The number of non-ortho nitro benzene ring substituents is 1. The predicted molar refractivity (Wildman–Crippen MR) is 63.6 cm³/mol. The average molecular weight is 248 g/mol. The number of Topliss-reactive ketones (excluding diaryl/α,β-unsaturated/α-hetero) is 1. The van der Waals surface area contributed by atoms with Crippen molar-refractivity contribution in [2.75, 3.05) is 6.61 Å². The van der Waals surface area contributed by atoms with Gasteiger partial charge in [-0.25, -0.2) is 0 Å². The van der Waals surface area contributed by atoms with Crippen molar-refractivity contribution in [3.8, 4) is 11.8 Å². The van der Waals surface area contributed by atoms with E-state index in [1.165, 1.54) is 12.1 Å². The monoisotopic (exact) mass is 248 g/mol. The van der Waals surface area contributed by atoms with Gasteiger partial charge in [-0.05, 0) is 12.5 Å². The van der Waals surface area contributed by atoms with Crippen molar-refractivity contribution in [1.29, 1.82) is 5.26 Å². The summed E-state index contributed by atoms with van der Waals surface area (Å²) in [5.74, 6) is -0.0104. The Balaban J connectivity index is 3.35. The van der Waals surface area contributed by atoms with E-state index in [0.717, 1.165) is 0 Å². The fourth-order valence-corrected chi connectivity index (χ4v) is 1.55. The smallest absolute Gasteiger partial charge is 0.270 e. The average Bonchev–Trinajstić information content (AvgIpc) is 2.35. The first-order chi connectivity index (χ1) is 8.51. The Morgan fingerprint density at radius 1 is 1.56 bits per heavy atom. The van der Waals surface area contributed by atoms with Crippen LogP contribution in [0.15, 0.2) is 12.1 Å². The van der Waals surface area contributed by atoms with Crippen molar-refractivity contribution in [2.24, 2.45) is 0 Å². The Bertz CT molecular complexity index is 532. The number of aryl methyl sites for hydroxylation is 1. The summed E-state index contributed by atoms with van der Waals surface area (Å²) in [5, 5.41) is 19.2. The summed E-state index contributed by atoms with van der Waals surface area (Å²) in [6, 6.07) is 4.30. The van der Waals surface area contributed by atoms with Crippen LogP contribution in [0.2, 0.25) is 0 Å². The van der Waals surface area contributed by atoms with Crippen molar-refractivity contribution in [1.82, 2.24) is 0 Å². The van der Waals surface area contributed by atoms with Crippen molar-refractivity contribution in [3.63, 3.8) is 0 Å². The summed E-state index contributed by atoms with van der Waals surface area (Å²) < 4.78 is 5.17. The molecule has 6 heteroatoms. The Hall–Kier alpha value is -2.42. The highest BCUT2D eigenvalue weighted by atomic mass is 16.6. The standard InChI is InChI=1S/C12H12N2O4/c1-3-11(15)10-7-9(14(16)17)6-8(2)12(10)18-5-4-13/h6-7H,3,5H2,1-2H3. The molecule has 0 aromatic heterocycles. The summed E-state index contributed by atoms with van der Waals surface area (Å²) in [5.41, 5.74) is 0.462. The zero-order chi connectivity index (χ0) is 13.7. The number of hydrogen-bond acceptors (Lipinski definition) is 5. The maximum Gasteiger partial charge on any atom is 0.270 e. The van der Waals surface area contributed by atoms with Crippen molar-refractivity contribution in [2.45, 2.75) is 20.3 Å². The molecule has 1 aromatic carbocycles. The molecule has 0 unspecified atom stereocenters. The van der Waals surface area contributed by atoms with Gasteiger partial charge < -0.3 is 4.74 Å². The van der Waals surface area contributed by atoms with Gasteiger partial charge >= 0.3 is 0 Å². The molecule has 0 atom stereocenters. The maximum atomic E-state index is 11.7. The quantitative estimate of drug-likeness (QED) is 0.453. The minimum absolute atomic E-state index is 0.152. The molecule has 0 amide bonds. The van der Waals surface area contributed by atoms with Gasteiger partial charge in [0.15, 0.2) is 12.4 Å². The molecule has 1 aromatic rings. The fourth-order valence-electron chi connectivity index (χ4n) is 1.55. The van der Waals surface area contributed by atoms with Gasteiger partial charge in [0.25, 0.3) is 5.69 Å². The molecule has 6 nitrogen and oxygen atoms in total. The van der Waals surface area contributed by atoms with Crippen LogP contribution < -0.4 is 4.74 Å². The topological polar surface area (TPSA) is 93.2 Å². The second-order valence-corrected chi connectivity index (χ2v) is 3.62. The molecule has 0 saturated carbocycles. The minimum atomic E-state index is -0.562. The number of nitriles is 1. The zero-order valence-electron chi connectivity index (χ0n) is 10.1. The van der Waals surface area contributed by atoms with Crippen LogP contribution in [0, 0.1) is 28.4 Å². The van der Waals surface area contributed by atoms with Gasteiger partial charge in [-0.2, -0.15) is 5.26 Å². The molecule has 0 fully saturated rings. The lowest BCUT2D eigenvalue weighted by atomic mass is 10.0. The Morgan fingerprint density at radius 2 is 2.22 bits per heavy atom. The number of benzene rings is 1. The first-order valence-corrected chi connectivity index (χ1v) is 5.33. The van der Waals surface area contributed by atoms with E-state index in [4.69, 9.17) is 10.00 Å². The lowest BCUT2D eigenvalue weighted by Gasteiger charge is -2.10. The summed E-state index contributed by atoms with van der Waals surface area (Å²) >= 11 is 0. The van der Waals surface area contributed by atoms with Crippen LogP contribution in [-0.2, 0) is 0 Å². The number of nitro benzene ring substituents is 1. The lowest BCUT2D eigenvalue weighted by Crippen LogP contribution is -2.06. The molecule has 0 N–H and O–H groups in total. The number of nitrogens with zero attached hydrogens (tertiary/aromatic N) is 2. The van der Waals surface area contributed by atoms with Crippen LogP contribution in [-0.4, -0.2) is 17.3 Å². The van der Waals surface area contributed by atoms with Gasteiger partial charge in [-0.15, -0.1) is 0 Å². The Morgan fingerprint density at radius 3 is 2.72 bits per heavy atom. The van der Waals surface area contributed by atoms with Crippen molar-refractivity contribution < 1.29 is 14.5 Å². The number of carbonyl (C=O) groups excluding carboxylic acids is 1. The first-order valence-electron chi connectivity index (χ1n) is 5.33. The predicted octanol–water partition coefficient (Wildman–Crippen LogP) is 2.40. The SMILES string of the molecule is CCC(=O)c1cc([N+](=O)[O-])cc(C)c1OCC#N. The number of rotatable bonds is 5. The van der Waals surface area contributed by atoms with Gasteiger partial charge in [0.2, 0.25) is 0 Å². The molecule has 0 spiro atoms. The van der Waals surface area contributed by atoms with E-state index in [0.29, 0.717) is 5.56 Å². The van der Waals surface area contributed by atoms with Crippen molar-refractivity contribution in [3.05, 3.63) is 33.4 Å². The summed E-state index contributed by atoms with van der Waals surface area (Å²) in [4.78, 5) is 21.9. The molecule has 0 bridgehead atoms. The van der Waals surface area contributed by atoms with E-state index in [-0.39, 0.29) is 35.8 Å². The molecule has 18 heavy (non-hydrogen) atoms. The highest BCUT2D eigenvalue weighted by Crippen LogP contribution is 2.30. The summed E-state index contributed by atoms with van der Waals surface area (Å²) in [6.07, 6.45) is 0.212. The first kappa shape index (κ1) is 13.6. The van der Waals surface area contributed by atoms with E-state index < -0.39 is 4.92 Å². The second-order valence-electron chi connectivity index (χ2n) is 3.62. The zero-order valence-corrected chi connectivity index (χ0v) is 10.1. The largest absolute Gasteiger partial charge is 0.478 e. The van der Waals surface area contributed by atoms with E-state index in [1.54, 1.807) is 19.9 Å². The number of nitro groups is 1. The number of hydrogen-bond donors (Lipinski definition) is 0. The normalized spacial score (nSPS) is 9.61. The molecule has 0 saturated heterocycles. The molecule has 0 heterocycles. The van der Waals surface area contributed by atoms with Crippen LogP contribution in [0.1, 0.15) is 29.3 Å². The molecule has 0 aliphatic heterocycles. The minimum Gasteiger partial charge on any atom is -0.478 e. The van der Waals surface area contributed by atoms with Crippen LogP contribution in [0.5, 0.6) is 5.75 Å². The van der Waals surface area contributed by atoms with Crippen molar-refractivity contribution >= 4 is 11.5 Å². The van der Waals surface area contributed by atoms with E-state index in [1.807, 2.05) is 0 Å². The highest BCUT2D eigenvalue weighted by molar-refractivity contribution is 5.99. The summed E-state index contributed by atoms with van der Waals surface area (Å²) in [6.45, 7) is 3.05. The second kappa shape index (κ2) is 5.77. The van der Waals surface area contributed by atoms with E-state index in [9.17, 15) is 14.9 Å². The molecule has 94 valence electrons. The molecule has 1 rings (SSSR count). The van der Waals surface area contributed by atoms with E-state index >= 15 is 0 Å². The number of ketones is 1. The fraction of sp³-hybridized carbons (Fsp3) is 0.333. The van der Waals surface area contributed by atoms with Gasteiger partial charge in [-0.1, -0.05) is 6.92 Å². The van der Waals surface area contributed by atoms with Gasteiger partial charge in [0.05, 0.1) is 10.5 Å². The third-order valence-corrected chi connectivity index (χ3v) is 2.37. The molecular weight excluding hydrogens is 236 g/mol. The molecule has 0 aliphatic carbocycles. The Labute approximate surface area is 104 Å². The molecule has 0 aliphatic rings. The third-order valence-electron chi connectivity index (χ3n) is 2.37. The maximum absolute atomic E-state index is 11.7. The van der Waals surface area contributed by atoms with Crippen LogP contribution in [0.3, 0.4) is 0 Å². The number of ether oxygens (including phenoxy) is 1. The Kier molecular flexibility index (Phi) is 4.38. The van der Waals surface area contributed by atoms with Crippen LogP contribution in [0.4, 0.5) is 5.69 Å². The highest BCUT2D eigenvalue weighted by Gasteiger charge is 2.19. The molecule has 0 radical (unpaired) electrons. The van der Waals surface area contributed by atoms with E-state index in [2.05, 4.69) is 0 Å². The van der Waals surface area contributed by atoms with Gasteiger partial charge in [0.1, 0.15) is 11.8 Å². The van der Waals surface area contributed by atoms with Crippen LogP contribution >= 0.6 is 0 Å².